The van der Waals surface area contributed by atoms with Gasteiger partial charge in [-0.05, 0) is 26.8 Å². The topological polar surface area (TPSA) is 66.1 Å². The summed E-state index contributed by atoms with van der Waals surface area (Å²) < 4.78 is 17.2. The van der Waals surface area contributed by atoms with Crippen LogP contribution in [-0.2, 0) is 18.4 Å². The van der Waals surface area contributed by atoms with Gasteiger partial charge in [-0.15, -0.1) is 0 Å². The van der Waals surface area contributed by atoms with Crippen LogP contribution in [0.2, 0.25) is 0 Å². The van der Waals surface area contributed by atoms with E-state index in [-0.39, 0.29) is 4.75 Å². The summed E-state index contributed by atoms with van der Waals surface area (Å²) in [5.41, 5.74) is 1.65. The van der Waals surface area contributed by atoms with E-state index in [0.717, 1.165) is 16.6 Å². The standard InChI is InChI=1S/C12H16N4OS/c1-12(2,3)18(17)15-7-9-5-10-8-14-16(4)11(10)13-6-9/h5-8H,1-4H3/b15-7+. The van der Waals surface area contributed by atoms with Crippen molar-refractivity contribution in [3.63, 3.8) is 0 Å². The summed E-state index contributed by atoms with van der Waals surface area (Å²) >= 11 is -1.25. The third-order valence-corrected chi connectivity index (χ3v) is 3.76. The van der Waals surface area contributed by atoms with Crippen molar-refractivity contribution >= 4 is 28.6 Å². The van der Waals surface area contributed by atoms with E-state index < -0.39 is 11.4 Å². The molecule has 0 spiro atoms. The van der Waals surface area contributed by atoms with Gasteiger partial charge in [0.25, 0.3) is 0 Å². The first-order chi connectivity index (χ1) is 8.38. The first kappa shape index (κ1) is 13.0. The number of nitrogens with zero attached hydrogens (tertiary/aromatic N) is 4. The molecule has 1 atom stereocenters. The smallest absolute Gasteiger partial charge is 0.157 e. The van der Waals surface area contributed by atoms with Crippen molar-refractivity contribution in [2.45, 2.75) is 25.5 Å². The lowest BCUT2D eigenvalue weighted by molar-refractivity contribution is 0.562. The second-order valence-corrected chi connectivity index (χ2v) is 6.98. The van der Waals surface area contributed by atoms with Gasteiger partial charge in [0.2, 0.25) is 0 Å². The van der Waals surface area contributed by atoms with Crippen LogP contribution in [0.15, 0.2) is 22.9 Å². The van der Waals surface area contributed by atoms with Crippen LogP contribution in [0.3, 0.4) is 0 Å². The summed E-state index contributed by atoms with van der Waals surface area (Å²) in [6.45, 7) is 5.68. The molecule has 0 N–H and O–H groups in total. The van der Waals surface area contributed by atoms with Crippen LogP contribution < -0.4 is 0 Å². The Labute approximate surface area is 109 Å². The van der Waals surface area contributed by atoms with Gasteiger partial charge in [-0.1, -0.05) is 4.40 Å². The summed E-state index contributed by atoms with van der Waals surface area (Å²) in [6, 6.07) is 1.93. The number of aryl methyl sites for hydroxylation is 1. The van der Waals surface area contributed by atoms with Crippen molar-refractivity contribution in [2.75, 3.05) is 0 Å². The average molecular weight is 264 g/mol. The molecule has 2 aromatic rings. The predicted octanol–water partition coefficient (Wildman–Crippen LogP) is 1.85. The van der Waals surface area contributed by atoms with Crippen LogP contribution in [-0.4, -0.2) is 30.3 Å². The first-order valence-electron chi connectivity index (χ1n) is 5.62. The summed E-state index contributed by atoms with van der Waals surface area (Å²) in [6.07, 6.45) is 5.05. The zero-order chi connectivity index (χ0) is 13.3. The normalized spacial score (nSPS) is 14.5. The molecule has 96 valence electrons. The Morgan fingerprint density at radius 3 is 2.78 bits per heavy atom. The molecule has 0 radical (unpaired) electrons. The predicted molar refractivity (Wildman–Crippen MR) is 74.0 cm³/mol. The largest absolute Gasteiger partial charge is 0.591 e. The van der Waals surface area contributed by atoms with Gasteiger partial charge in [0.1, 0.15) is 16.1 Å². The Hall–Kier alpha value is -1.40. The second-order valence-electron chi connectivity index (χ2n) is 5.05. The lowest BCUT2D eigenvalue weighted by Crippen LogP contribution is -2.25. The molecule has 0 bridgehead atoms. The number of hydrogen-bond acceptors (Lipinski definition) is 4. The van der Waals surface area contributed by atoms with Gasteiger partial charge in [-0.2, -0.15) is 5.10 Å². The van der Waals surface area contributed by atoms with Crippen LogP contribution in [0.25, 0.3) is 11.0 Å². The summed E-state index contributed by atoms with van der Waals surface area (Å²) in [5, 5.41) is 5.07. The quantitative estimate of drug-likeness (QED) is 0.614. The number of pyridine rings is 1. The fraction of sp³-hybridized carbons (Fsp3) is 0.417. The Balaban J connectivity index is 2.25. The lowest BCUT2D eigenvalue weighted by Gasteiger charge is -2.17. The number of aromatic nitrogens is 3. The average Bonchev–Trinajstić information content (AvgIpc) is 2.66. The highest BCUT2D eigenvalue weighted by Crippen LogP contribution is 2.17. The van der Waals surface area contributed by atoms with Crippen LogP contribution in [0, 0.1) is 0 Å². The Morgan fingerprint density at radius 2 is 2.11 bits per heavy atom. The van der Waals surface area contributed by atoms with Gasteiger partial charge in [0.15, 0.2) is 5.65 Å². The lowest BCUT2D eigenvalue weighted by atomic mass is 10.2. The molecule has 5 nitrogen and oxygen atoms in total. The maximum absolute atomic E-state index is 11.8. The van der Waals surface area contributed by atoms with Crippen molar-refractivity contribution < 1.29 is 4.55 Å². The van der Waals surface area contributed by atoms with E-state index in [1.54, 1.807) is 23.3 Å². The molecule has 0 saturated heterocycles. The fourth-order valence-electron chi connectivity index (χ4n) is 1.40. The zero-order valence-corrected chi connectivity index (χ0v) is 11.7. The number of rotatable bonds is 2. The molecule has 0 aliphatic carbocycles. The molecule has 0 saturated carbocycles. The Bertz CT molecular complexity index is 585. The highest BCUT2D eigenvalue weighted by molar-refractivity contribution is 7.91. The molecule has 2 rings (SSSR count). The highest BCUT2D eigenvalue weighted by Gasteiger charge is 2.25. The van der Waals surface area contributed by atoms with Crippen LogP contribution in [0.5, 0.6) is 0 Å². The van der Waals surface area contributed by atoms with E-state index >= 15 is 0 Å². The minimum Gasteiger partial charge on any atom is -0.591 e. The van der Waals surface area contributed by atoms with Gasteiger partial charge < -0.3 is 4.55 Å². The first-order valence-corrected chi connectivity index (χ1v) is 6.72. The molecule has 0 aromatic carbocycles. The molecular weight excluding hydrogens is 248 g/mol. The highest BCUT2D eigenvalue weighted by atomic mass is 32.2. The van der Waals surface area contributed by atoms with Crippen molar-refractivity contribution in [1.29, 1.82) is 0 Å². The monoisotopic (exact) mass is 264 g/mol. The number of hydrogen-bond donors (Lipinski definition) is 0. The molecule has 0 aliphatic heterocycles. The van der Waals surface area contributed by atoms with Gasteiger partial charge in [-0.25, -0.2) is 4.98 Å². The van der Waals surface area contributed by atoms with Crippen molar-refractivity contribution in [2.24, 2.45) is 11.4 Å². The van der Waals surface area contributed by atoms with Crippen molar-refractivity contribution in [1.82, 2.24) is 14.8 Å². The summed E-state index contributed by atoms with van der Waals surface area (Å²) in [7, 11) is 1.84. The van der Waals surface area contributed by atoms with Gasteiger partial charge in [-0.3, -0.25) is 4.68 Å². The van der Waals surface area contributed by atoms with Crippen LogP contribution in [0.4, 0.5) is 0 Å². The zero-order valence-electron chi connectivity index (χ0n) is 10.9. The van der Waals surface area contributed by atoms with Gasteiger partial charge in [0, 0.05) is 24.2 Å². The van der Waals surface area contributed by atoms with Crippen LogP contribution in [0.1, 0.15) is 26.3 Å². The number of fused-ring (bicyclic) bond motifs is 1. The molecular formula is C12H16N4OS. The van der Waals surface area contributed by atoms with E-state index in [4.69, 9.17) is 0 Å². The minimum atomic E-state index is -1.25. The summed E-state index contributed by atoms with van der Waals surface area (Å²) in [4.78, 5) is 4.29. The molecule has 0 aliphatic rings. The molecule has 2 heterocycles. The molecule has 0 amide bonds. The molecule has 6 heteroatoms. The summed E-state index contributed by atoms with van der Waals surface area (Å²) in [5.74, 6) is 0. The van der Waals surface area contributed by atoms with E-state index in [2.05, 4.69) is 14.5 Å². The maximum atomic E-state index is 11.8. The van der Waals surface area contributed by atoms with Crippen molar-refractivity contribution in [3.05, 3.63) is 24.0 Å². The minimum absolute atomic E-state index is 0.345. The SMILES string of the molecule is Cn1ncc2cc(/C=N/[S+]([O-])C(C)(C)C)cnc21. The molecule has 1 unspecified atom stereocenters. The van der Waals surface area contributed by atoms with Crippen molar-refractivity contribution in [3.8, 4) is 0 Å². The van der Waals surface area contributed by atoms with Crippen LogP contribution >= 0.6 is 0 Å². The third kappa shape index (κ3) is 2.70. The second kappa shape index (κ2) is 4.70. The van der Waals surface area contributed by atoms with E-state index in [0.29, 0.717) is 0 Å². The van der Waals surface area contributed by atoms with Gasteiger partial charge >= 0.3 is 0 Å². The van der Waals surface area contributed by atoms with E-state index in [1.165, 1.54) is 0 Å². The van der Waals surface area contributed by atoms with E-state index in [1.807, 2.05) is 33.9 Å². The molecule has 18 heavy (non-hydrogen) atoms. The third-order valence-electron chi connectivity index (χ3n) is 2.41. The Morgan fingerprint density at radius 1 is 1.39 bits per heavy atom. The maximum Gasteiger partial charge on any atom is 0.157 e. The molecule has 2 aromatic heterocycles. The van der Waals surface area contributed by atoms with Gasteiger partial charge in [0.05, 0.1) is 12.4 Å². The molecule has 0 fully saturated rings. The van der Waals surface area contributed by atoms with E-state index in [9.17, 15) is 4.55 Å². The fourth-order valence-corrected chi connectivity index (χ4v) is 1.93. The Kier molecular flexibility index (Phi) is 3.41.